The molecule has 0 saturated carbocycles. The van der Waals surface area contributed by atoms with Gasteiger partial charge in [-0.05, 0) is 0 Å². The molecule has 0 aromatic carbocycles. The van der Waals surface area contributed by atoms with Crippen LogP contribution in [0.4, 0.5) is 0 Å². The SMILES string of the molecule is [Br-].[Br-].[CH3][Hf+2][CH3]. The van der Waals surface area contributed by atoms with Crippen molar-refractivity contribution in [3.8, 4) is 0 Å². The van der Waals surface area contributed by atoms with E-state index in [0.717, 1.165) is 0 Å². The molecule has 0 aliphatic heterocycles. The van der Waals surface area contributed by atoms with E-state index >= 15 is 0 Å². The van der Waals surface area contributed by atoms with E-state index in [2.05, 4.69) is 9.36 Å². The van der Waals surface area contributed by atoms with Crippen molar-refractivity contribution in [2.75, 3.05) is 0 Å². The minimum absolute atomic E-state index is 0. The molecule has 0 nitrogen and oxygen atoms in total. The first-order valence-corrected chi connectivity index (χ1v) is 8.19. The predicted molar refractivity (Wildman–Crippen MR) is 11.7 cm³/mol. The second-order valence-electron chi connectivity index (χ2n) is 0.500. The summed E-state index contributed by atoms with van der Waals surface area (Å²) in [7, 11) is 0. The molecule has 3 heteroatoms. The summed E-state index contributed by atoms with van der Waals surface area (Å²) in [6, 6.07) is 0. The summed E-state index contributed by atoms with van der Waals surface area (Å²) >= 11 is 0.0833. The van der Waals surface area contributed by atoms with E-state index in [1.54, 1.807) is 0 Å². The zero-order chi connectivity index (χ0) is 2.71. The van der Waals surface area contributed by atoms with Crippen LogP contribution in [0.3, 0.4) is 0 Å². The van der Waals surface area contributed by atoms with Gasteiger partial charge >= 0.3 is 32.3 Å². The molecule has 0 aliphatic rings. The van der Waals surface area contributed by atoms with Crippen LogP contribution in [0.25, 0.3) is 0 Å². The molecular formula is C2H6Br2Hf. The van der Waals surface area contributed by atoms with E-state index in [0.29, 0.717) is 0 Å². The third kappa shape index (κ3) is 25.5. The molecule has 0 rings (SSSR count). The molecule has 0 aliphatic carbocycles. The van der Waals surface area contributed by atoms with Crippen LogP contribution in [0.5, 0.6) is 0 Å². The van der Waals surface area contributed by atoms with Crippen LogP contribution in [0.15, 0.2) is 0 Å². The normalized spacial score (nSPS) is 2.00. The maximum atomic E-state index is 2.32. The quantitative estimate of drug-likeness (QED) is 0.377. The molecule has 32 valence electrons. The molecule has 0 atom stereocenters. The van der Waals surface area contributed by atoms with Crippen molar-refractivity contribution in [3.63, 3.8) is 0 Å². The first-order chi connectivity index (χ1) is 1.41. The molecule has 0 aromatic heterocycles. The minimum atomic E-state index is 0. The van der Waals surface area contributed by atoms with E-state index in [9.17, 15) is 0 Å². The standard InChI is InChI=1S/2CH3.2BrH.Hf/h2*1H3;2*1H;/q;;;;+2/p-2. The van der Waals surface area contributed by atoms with Crippen molar-refractivity contribution in [3.05, 3.63) is 0 Å². The first-order valence-electron chi connectivity index (χ1n) is 1.00. The second-order valence-corrected chi connectivity index (χ2v) is 4.09. The summed E-state index contributed by atoms with van der Waals surface area (Å²) in [5.74, 6) is 0. The van der Waals surface area contributed by atoms with E-state index in [4.69, 9.17) is 0 Å². The van der Waals surface area contributed by atoms with E-state index in [1.165, 1.54) is 0 Å². The summed E-state index contributed by atoms with van der Waals surface area (Å²) in [6.07, 6.45) is 0. The zero-order valence-corrected chi connectivity index (χ0v) is 10.0. The molecule has 0 spiro atoms. The molecule has 0 fully saturated rings. The monoisotopic (exact) mass is 368 g/mol. The molecule has 0 radical (unpaired) electrons. The fraction of sp³-hybridized carbons (Fsp3) is 1.00. The van der Waals surface area contributed by atoms with Crippen LogP contribution in [0.2, 0.25) is 9.36 Å². The molecular weight excluding hydrogens is 362 g/mol. The van der Waals surface area contributed by atoms with Gasteiger partial charge in [0.05, 0.1) is 0 Å². The summed E-state index contributed by atoms with van der Waals surface area (Å²) in [4.78, 5) is 0. The van der Waals surface area contributed by atoms with Crippen LogP contribution in [0, 0.1) is 0 Å². The van der Waals surface area contributed by atoms with Gasteiger partial charge in [0.1, 0.15) is 0 Å². The van der Waals surface area contributed by atoms with Crippen molar-refractivity contribution in [2.45, 2.75) is 9.36 Å². The van der Waals surface area contributed by atoms with Crippen LogP contribution in [-0.2, 0) is 22.9 Å². The molecule has 0 saturated heterocycles. The van der Waals surface area contributed by atoms with E-state index in [-0.39, 0.29) is 56.9 Å². The van der Waals surface area contributed by atoms with Crippen LogP contribution < -0.4 is 34.0 Å². The van der Waals surface area contributed by atoms with Crippen molar-refractivity contribution < 1.29 is 56.9 Å². The summed E-state index contributed by atoms with van der Waals surface area (Å²) in [6.45, 7) is 0. The molecule has 0 amide bonds. The van der Waals surface area contributed by atoms with Gasteiger partial charge in [0.15, 0.2) is 0 Å². The van der Waals surface area contributed by atoms with Gasteiger partial charge in [-0.1, -0.05) is 0 Å². The summed E-state index contributed by atoms with van der Waals surface area (Å²) in [5, 5.41) is 0. The van der Waals surface area contributed by atoms with Gasteiger partial charge in [-0.2, -0.15) is 0 Å². The average molecular weight is 368 g/mol. The van der Waals surface area contributed by atoms with Crippen LogP contribution in [0.1, 0.15) is 0 Å². The topological polar surface area (TPSA) is 0 Å². The van der Waals surface area contributed by atoms with Gasteiger partial charge in [-0.15, -0.1) is 0 Å². The predicted octanol–water partition coefficient (Wildman–Crippen LogP) is -4.83. The summed E-state index contributed by atoms with van der Waals surface area (Å²) in [5.41, 5.74) is 0. The Morgan fingerprint density at radius 2 is 1.00 bits per heavy atom. The van der Waals surface area contributed by atoms with Gasteiger partial charge in [-0.25, -0.2) is 0 Å². The van der Waals surface area contributed by atoms with Gasteiger partial charge in [-0.3, -0.25) is 0 Å². The fourth-order valence-electron chi connectivity index (χ4n) is 0. The molecule has 0 aromatic rings. The van der Waals surface area contributed by atoms with Crippen LogP contribution >= 0.6 is 0 Å². The van der Waals surface area contributed by atoms with Gasteiger partial charge in [0.25, 0.3) is 0 Å². The Kier molecular flexibility index (Phi) is 53.7. The van der Waals surface area contributed by atoms with Crippen molar-refractivity contribution >= 4 is 0 Å². The first kappa shape index (κ1) is 15.8. The Morgan fingerprint density at radius 1 is 1.00 bits per heavy atom. The van der Waals surface area contributed by atoms with Crippen molar-refractivity contribution in [1.82, 2.24) is 0 Å². The number of hydrogen-bond acceptors (Lipinski definition) is 0. The van der Waals surface area contributed by atoms with Crippen molar-refractivity contribution in [2.24, 2.45) is 0 Å². The molecule has 0 bridgehead atoms. The number of halogens is 2. The Hall–Kier alpha value is 1.83. The van der Waals surface area contributed by atoms with Gasteiger partial charge in [0.2, 0.25) is 0 Å². The Balaban J connectivity index is -0.0000000200. The van der Waals surface area contributed by atoms with E-state index in [1.807, 2.05) is 0 Å². The summed E-state index contributed by atoms with van der Waals surface area (Å²) < 4.78 is 4.64. The second kappa shape index (κ2) is 17.0. The van der Waals surface area contributed by atoms with Crippen LogP contribution in [-0.4, -0.2) is 0 Å². The fourth-order valence-corrected chi connectivity index (χ4v) is 0. The Morgan fingerprint density at radius 3 is 1.00 bits per heavy atom. The molecule has 0 N–H and O–H groups in total. The van der Waals surface area contributed by atoms with Gasteiger partial charge in [0, 0.05) is 0 Å². The Labute approximate surface area is 65.6 Å². The number of rotatable bonds is 0. The third-order valence-electron chi connectivity index (χ3n) is 0. The Bertz CT molecular complexity index is 7.61. The van der Waals surface area contributed by atoms with E-state index < -0.39 is 0 Å². The maximum absolute atomic E-state index is 2.32. The number of hydrogen-bond donors (Lipinski definition) is 0. The zero-order valence-electron chi connectivity index (χ0n) is 3.26. The third-order valence-corrected chi connectivity index (χ3v) is 0. The van der Waals surface area contributed by atoms with Crippen molar-refractivity contribution in [1.29, 1.82) is 0 Å². The molecule has 0 heterocycles. The van der Waals surface area contributed by atoms with Gasteiger partial charge < -0.3 is 34.0 Å². The molecule has 0 unspecified atom stereocenters. The molecule has 5 heavy (non-hydrogen) atoms. The average Bonchev–Trinajstić information content (AvgIpc) is 0.918.